The zero-order valence-electron chi connectivity index (χ0n) is 14.0. The standard InChI is InChI=1S/C17H29NO2S/c1-6-9-19-15-8-7-14(13-18-17(2,3)4)16(12-15)20-10-11-21-5/h7-8,12,18H,6,9-11,13H2,1-5H3. The molecule has 3 nitrogen and oxygen atoms in total. The molecule has 0 aliphatic rings. The molecule has 0 aliphatic heterocycles. The van der Waals surface area contributed by atoms with Crippen molar-refractivity contribution >= 4 is 11.8 Å². The van der Waals surface area contributed by atoms with Crippen molar-refractivity contribution in [2.75, 3.05) is 25.2 Å². The fraction of sp³-hybridized carbons (Fsp3) is 0.647. The lowest BCUT2D eigenvalue weighted by atomic mass is 10.1. The summed E-state index contributed by atoms with van der Waals surface area (Å²) in [5, 5.41) is 3.51. The van der Waals surface area contributed by atoms with E-state index >= 15 is 0 Å². The predicted octanol–water partition coefficient (Wildman–Crippen LogP) is 4.11. The molecule has 0 unspecified atom stereocenters. The minimum Gasteiger partial charge on any atom is -0.493 e. The van der Waals surface area contributed by atoms with Gasteiger partial charge in [0.25, 0.3) is 0 Å². The smallest absolute Gasteiger partial charge is 0.127 e. The largest absolute Gasteiger partial charge is 0.493 e. The van der Waals surface area contributed by atoms with Gasteiger partial charge in [-0.15, -0.1) is 0 Å². The van der Waals surface area contributed by atoms with Gasteiger partial charge in [-0.05, 0) is 39.5 Å². The fourth-order valence-corrected chi connectivity index (χ4v) is 1.97. The molecule has 0 fully saturated rings. The lowest BCUT2D eigenvalue weighted by Gasteiger charge is -2.22. The Morgan fingerprint density at radius 2 is 1.90 bits per heavy atom. The lowest BCUT2D eigenvalue weighted by molar-refractivity contribution is 0.307. The Morgan fingerprint density at radius 1 is 1.14 bits per heavy atom. The van der Waals surface area contributed by atoms with Crippen LogP contribution in [0, 0.1) is 0 Å². The third kappa shape index (κ3) is 7.63. The Balaban J connectivity index is 2.77. The lowest BCUT2D eigenvalue weighted by Crippen LogP contribution is -2.35. The summed E-state index contributed by atoms with van der Waals surface area (Å²) in [6, 6.07) is 6.13. The molecular weight excluding hydrogens is 282 g/mol. The van der Waals surface area contributed by atoms with Gasteiger partial charge in [0.1, 0.15) is 11.5 Å². The number of hydrogen-bond acceptors (Lipinski definition) is 4. The number of nitrogens with one attached hydrogen (secondary N) is 1. The van der Waals surface area contributed by atoms with E-state index in [1.165, 1.54) is 5.56 Å². The molecule has 0 heterocycles. The summed E-state index contributed by atoms with van der Waals surface area (Å²) in [5.41, 5.74) is 1.27. The van der Waals surface area contributed by atoms with Crippen LogP contribution in [-0.2, 0) is 6.54 Å². The zero-order chi connectivity index (χ0) is 15.7. The molecular formula is C17H29NO2S. The van der Waals surface area contributed by atoms with Gasteiger partial charge in [-0.3, -0.25) is 0 Å². The van der Waals surface area contributed by atoms with Crippen molar-refractivity contribution in [3.63, 3.8) is 0 Å². The number of rotatable bonds is 9. The highest BCUT2D eigenvalue weighted by Gasteiger charge is 2.12. The molecule has 0 saturated heterocycles. The number of benzene rings is 1. The van der Waals surface area contributed by atoms with Crippen molar-refractivity contribution in [3.8, 4) is 11.5 Å². The second kappa shape index (κ2) is 9.21. The van der Waals surface area contributed by atoms with E-state index < -0.39 is 0 Å². The SMILES string of the molecule is CCCOc1ccc(CNC(C)(C)C)c(OCCSC)c1. The topological polar surface area (TPSA) is 30.5 Å². The van der Waals surface area contributed by atoms with Crippen molar-refractivity contribution in [2.45, 2.75) is 46.2 Å². The average Bonchev–Trinajstić information content (AvgIpc) is 2.43. The monoisotopic (exact) mass is 311 g/mol. The first-order valence-electron chi connectivity index (χ1n) is 7.58. The summed E-state index contributed by atoms with van der Waals surface area (Å²) in [4.78, 5) is 0. The second-order valence-corrected chi connectivity index (χ2v) is 7.05. The van der Waals surface area contributed by atoms with Gasteiger partial charge >= 0.3 is 0 Å². The van der Waals surface area contributed by atoms with E-state index in [1.54, 1.807) is 11.8 Å². The predicted molar refractivity (Wildman–Crippen MR) is 92.7 cm³/mol. The van der Waals surface area contributed by atoms with E-state index in [2.05, 4.69) is 45.3 Å². The summed E-state index contributed by atoms with van der Waals surface area (Å²) in [5.74, 6) is 2.80. The molecule has 0 bridgehead atoms. The number of ether oxygens (including phenoxy) is 2. The molecule has 1 N–H and O–H groups in total. The van der Waals surface area contributed by atoms with E-state index in [4.69, 9.17) is 9.47 Å². The maximum absolute atomic E-state index is 5.92. The highest BCUT2D eigenvalue weighted by Crippen LogP contribution is 2.26. The van der Waals surface area contributed by atoms with Crippen LogP contribution in [-0.4, -0.2) is 30.8 Å². The van der Waals surface area contributed by atoms with E-state index in [0.717, 1.165) is 43.4 Å². The molecule has 4 heteroatoms. The molecule has 21 heavy (non-hydrogen) atoms. The summed E-state index contributed by atoms with van der Waals surface area (Å²) in [6.07, 6.45) is 3.10. The summed E-state index contributed by atoms with van der Waals surface area (Å²) in [6.45, 7) is 10.9. The molecule has 0 atom stereocenters. The first kappa shape index (κ1) is 18.2. The van der Waals surface area contributed by atoms with Crippen LogP contribution in [0.3, 0.4) is 0 Å². The van der Waals surface area contributed by atoms with Crippen molar-refractivity contribution in [3.05, 3.63) is 23.8 Å². The van der Waals surface area contributed by atoms with Crippen LogP contribution < -0.4 is 14.8 Å². The van der Waals surface area contributed by atoms with E-state index in [9.17, 15) is 0 Å². The van der Waals surface area contributed by atoms with E-state index in [-0.39, 0.29) is 5.54 Å². The Morgan fingerprint density at radius 3 is 2.52 bits per heavy atom. The Labute approximate surface area is 133 Å². The van der Waals surface area contributed by atoms with Crippen LogP contribution in [0.4, 0.5) is 0 Å². The van der Waals surface area contributed by atoms with Gasteiger partial charge in [-0.25, -0.2) is 0 Å². The van der Waals surface area contributed by atoms with Crippen LogP contribution in [0.15, 0.2) is 18.2 Å². The zero-order valence-corrected chi connectivity index (χ0v) is 14.8. The first-order chi connectivity index (χ1) is 9.96. The molecule has 0 aromatic heterocycles. The van der Waals surface area contributed by atoms with Crippen LogP contribution in [0.2, 0.25) is 0 Å². The van der Waals surface area contributed by atoms with Gasteiger partial charge in [-0.2, -0.15) is 11.8 Å². The Hall–Kier alpha value is -0.870. The third-order valence-corrected chi connectivity index (χ3v) is 3.44. The molecule has 1 rings (SSSR count). The van der Waals surface area contributed by atoms with Gasteiger partial charge in [0.15, 0.2) is 0 Å². The summed E-state index contributed by atoms with van der Waals surface area (Å²) < 4.78 is 11.6. The van der Waals surface area contributed by atoms with Crippen LogP contribution in [0.1, 0.15) is 39.7 Å². The van der Waals surface area contributed by atoms with Crippen molar-refractivity contribution in [1.29, 1.82) is 0 Å². The highest BCUT2D eigenvalue weighted by atomic mass is 32.2. The molecule has 0 radical (unpaired) electrons. The number of thioether (sulfide) groups is 1. The summed E-state index contributed by atoms with van der Waals surface area (Å²) in [7, 11) is 0. The quantitative estimate of drug-likeness (QED) is 0.695. The van der Waals surface area contributed by atoms with Crippen molar-refractivity contribution < 1.29 is 9.47 Å². The molecule has 120 valence electrons. The second-order valence-electron chi connectivity index (χ2n) is 6.06. The molecule has 1 aromatic carbocycles. The molecule has 0 aliphatic carbocycles. The van der Waals surface area contributed by atoms with Gasteiger partial charge < -0.3 is 14.8 Å². The van der Waals surface area contributed by atoms with Crippen LogP contribution in [0.5, 0.6) is 11.5 Å². The molecule has 0 spiro atoms. The van der Waals surface area contributed by atoms with E-state index in [0.29, 0.717) is 0 Å². The highest BCUT2D eigenvalue weighted by molar-refractivity contribution is 7.98. The van der Waals surface area contributed by atoms with Gasteiger partial charge in [-0.1, -0.05) is 13.0 Å². The molecule has 0 saturated carbocycles. The fourth-order valence-electron chi connectivity index (χ4n) is 1.72. The maximum atomic E-state index is 5.92. The molecule has 1 aromatic rings. The van der Waals surface area contributed by atoms with E-state index in [1.807, 2.05) is 12.1 Å². The third-order valence-electron chi connectivity index (χ3n) is 2.87. The van der Waals surface area contributed by atoms with Gasteiger partial charge in [0.2, 0.25) is 0 Å². The average molecular weight is 311 g/mol. The van der Waals surface area contributed by atoms with Crippen molar-refractivity contribution in [2.24, 2.45) is 0 Å². The molecule has 0 amide bonds. The number of hydrogen-bond donors (Lipinski definition) is 1. The minimum absolute atomic E-state index is 0.0912. The van der Waals surface area contributed by atoms with Crippen LogP contribution in [0.25, 0.3) is 0 Å². The maximum Gasteiger partial charge on any atom is 0.127 e. The first-order valence-corrected chi connectivity index (χ1v) is 8.98. The minimum atomic E-state index is 0.0912. The normalized spacial score (nSPS) is 11.5. The Kier molecular flexibility index (Phi) is 7.97. The van der Waals surface area contributed by atoms with Crippen molar-refractivity contribution in [1.82, 2.24) is 5.32 Å². The summed E-state index contributed by atoms with van der Waals surface area (Å²) >= 11 is 1.79. The van der Waals surface area contributed by atoms with Gasteiger partial charge in [0, 0.05) is 29.5 Å². The van der Waals surface area contributed by atoms with Gasteiger partial charge in [0.05, 0.1) is 13.2 Å². The van der Waals surface area contributed by atoms with Crippen LogP contribution >= 0.6 is 11.8 Å². The Bertz CT molecular complexity index is 416.